The summed E-state index contributed by atoms with van der Waals surface area (Å²) in [6.45, 7) is 3.61. The molecule has 5 nitrogen and oxygen atoms in total. The van der Waals surface area contributed by atoms with Crippen LogP contribution in [0.2, 0.25) is 0 Å². The topological polar surface area (TPSA) is 75.4 Å². The van der Waals surface area contributed by atoms with Crippen LogP contribution in [0.15, 0.2) is 24.3 Å². The summed E-state index contributed by atoms with van der Waals surface area (Å²) in [6.07, 6.45) is 1.40. The summed E-state index contributed by atoms with van der Waals surface area (Å²) in [4.78, 5) is 25.4. The molecule has 1 heterocycles. The second kappa shape index (κ2) is 7.35. The van der Waals surface area contributed by atoms with Gasteiger partial charge in [-0.15, -0.1) is 0 Å². The molecule has 0 unspecified atom stereocenters. The molecule has 1 aliphatic heterocycles. The van der Waals surface area contributed by atoms with Crippen molar-refractivity contribution in [3.63, 3.8) is 0 Å². The van der Waals surface area contributed by atoms with Crippen molar-refractivity contribution < 1.29 is 14.0 Å². The van der Waals surface area contributed by atoms with Gasteiger partial charge in [0.15, 0.2) is 0 Å². The summed E-state index contributed by atoms with van der Waals surface area (Å²) in [6, 6.07) is 5.80. The first-order valence-electron chi connectivity index (χ1n) is 7.53. The number of piperidine rings is 1. The molecule has 0 radical (unpaired) electrons. The number of nitrogens with zero attached hydrogens (tertiary/aromatic N) is 1. The Hall–Kier alpha value is -1.95. The summed E-state index contributed by atoms with van der Waals surface area (Å²) < 4.78 is 12.8. The Morgan fingerprint density at radius 2 is 1.91 bits per heavy atom. The van der Waals surface area contributed by atoms with Crippen LogP contribution in [0.1, 0.15) is 25.3 Å². The molecule has 0 bridgehead atoms. The van der Waals surface area contributed by atoms with Crippen LogP contribution < -0.4 is 11.1 Å². The van der Waals surface area contributed by atoms with Crippen molar-refractivity contribution in [3.8, 4) is 0 Å². The van der Waals surface area contributed by atoms with E-state index in [-0.39, 0.29) is 29.6 Å². The third-order valence-corrected chi connectivity index (χ3v) is 4.24. The largest absolute Gasteiger partial charge is 0.369 e. The van der Waals surface area contributed by atoms with E-state index in [4.69, 9.17) is 5.73 Å². The lowest BCUT2D eigenvalue weighted by molar-refractivity contribution is -0.127. The van der Waals surface area contributed by atoms with Gasteiger partial charge in [0.2, 0.25) is 11.8 Å². The van der Waals surface area contributed by atoms with Crippen LogP contribution in [0.5, 0.6) is 0 Å². The van der Waals surface area contributed by atoms with E-state index in [9.17, 15) is 14.0 Å². The maximum absolute atomic E-state index is 12.8. The average molecular weight is 307 g/mol. The van der Waals surface area contributed by atoms with Crippen LogP contribution in [-0.4, -0.2) is 35.8 Å². The van der Waals surface area contributed by atoms with E-state index in [1.54, 1.807) is 12.1 Å². The Morgan fingerprint density at radius 3 is 2.45 bits per heavy atom. The molecule has 22 heavy (non-hydrogen) atoms. The van der Waals surface area contributed by atoms with Crippen LogP contribution in [0, 0.1) is 11.7 Å². The fourth-order valence-electron chi connectivity index (χ4n) is 2.68. The Balaban J connectivity index is 1.80. The normalized spacial score (nSPS) is 17.9. The summed E-state index contributed by atoms with van der Waals surface area (Å²) >= 11 is 0. The highest BCUT2D eigenvalue weighted by Crippen LogP contribution is 2.18. The molecule has 0 aliphatic carbocycles. The lowest BCUT2D eigenvalue weighted by Crippen LogP contribution is -2.49. The maximum atomic E-state index is 12.8. The standard InChI is InChI=1S/C16H22FN3O2/c1-11(20-8-6-13(7-9-20)15(18)21)16(22)19-10-12-2-4-14(17)5-3-12/h2-5,11,13H,6-10H2,1H3,(H2,18,21)(H,19,22)/t11-/m0/s1. The quantitative estimate of drug-likeness (QED) is 0.853. The number of halogens is 1. The van der Waals surface area contributed by atoms with Crippen molar-refractivity contribution in [1.82, 2.24) is 10.2 Å². The van der Waals surface area contributed by atoms with Gasteiger partial charge in [0.1, 0.15) is 5.82 Å². The number of carbonyl (C=O) groups is 2. The summed E-state index contributed by atoms with van der Waals surface area (Å²) in [5.41, 5.74) is 6.16. The SMILES string of the molecule is C[C@@H](C(=O)NCc1ccc(F)cc1)N1CCC(C(N)=O)CC1. The van der Waals surface area contributed by atoms with E-state index in [1.165, 1.54) is 12.1 Å². The number of hydrogen-bond acceptors (Lipinski definition) is 3. The first kappa shape index (κ1) is 16.4. The molecule has 3 N–H and O–H groups in total. The van der Waals surface area contributed by atoms with Crippen LogP contribution in [0.4, 0.5) is 4.39 Å². The minimum Gasteiger partial charge on any atom is -0.369 e. The second-order valence-electron chi connectivity index (χ2n) is 5.73. The Morgan fingerprint density at radius 1 is 1.32 bits per heavy atom. The lowest BCUT2D eigenvalue weighted by atomic mass is 9.95. The van der Waals surface area contributed by atoms with E-state index >= 15 is 0 Å². The zero-order valence-corrected chi connectivity index (χ0v) is 12.7. The van der Waals surface area contributed by atoms with Crippen molar-refractivity contribution in [3.05, 3.63) is 35.6 Å². The minimum absolute atomic E-state index is 0.0677. The molecular formula is C16H22FN3O2. The molecule has 0 spiro atoms. The van der Waals surface area contributed by atoms with E-state index < -0.39 is 0 Å². The molecule has 1 aliphatic rings. The number of primary amides is 1. The van der Waals surface area contributed by atoms with Gasteiger partial charge in [-0.3, -0.25) is 14.5 Å². The molecule has 1 aromatic rings. The molecular weight excluding hydrogens is 285 g/mol. The summed E-state index contributed by atoms with van der Waals surface area (Å²) in [7, 11) is 0. The molecule has 1 atom stereocenters. The third kappa shape index (κ3) is 4.27. The number of benzene rings is 1. The predicted molar refractivity (Wildman–Crippen MR) is 81.2 cm³/mol. The Kier molecular flexibility index (Phi) is 5.49. The monoisotopic (exact) mass is 307 g/mol. The smallest absolute Gasteiger partial charge is 0.237 e. The summed E-state index contributed by atoms with van der Waals surface area (Å²) in [5.74, 6) is -0.693. The fraction of sp³-hybridized carbons (Fsp3) is 0.500. The first-order chi connectivity index (χ1) is 10.5. The van der Waals surface area contributed by atoms with E-state index in [1.807, 2.05) is 6.92 Å². The average Bonchev–Trinajstić information content (AvgIpc) is 2.53. The van der Waals surface area contributed by atoms with Crippen molar-refractivity contribution >= 4 is 11.8 Å². The highest BCUT2D eigenvalue weighted by atomic mass is 19.1. The number of likely N-dealkylation sites (tertiary alicyclic amines) is 1. The van der Waals surface area contributed by atoms with Crippen LogP contribution in [0.3, 0.4) is 0 Å². The maximum Gasteiger partial charge on any atom is 0.237 e. The van der Waals surface area contributed by atoms with Gasteiger partial charge in [0.25, 0.3) is 0 Å². The minimum atomic E-state index is -0.291. The highest BCUT2D eigenvalue weighted by molar-refractivity contribution is 5.81. The van der Waals surface area contributed by atoms with Crippen molar-refractivity contribution in [1.29, 1.82) is 0 Å². The first-order valence-corrected chi connectivity index (χ1v) is 7.53. The van der Waals surface area contributed by atoms with E-state index in [0.717, 1.165) is 5.56 Å². The molecule has 0 aromatic heterocycles. The zero-order chi connectivity index (χ0) is 16.1. The molecule has 1 aromatic carbocycles. The number of amides is 2. The lowest BCUT2D eigenvalue weighted by Gasteiger charge is -2.34. The van der Waals surface area contributed by atoms with Gasteiger partial charge < -0.3 is 11.1 Å². The van der Waals surface area contributed by atoms with Crippen LogP contribution in [0.25, 0.3) is 0 Å². The second-order valence-corrected chi connectivity index (χ2v) is 5.73. The van der Waals surface area contributed by atoms with Gasteiger partial charge in [-0.2, -0.15) is 0 Å². The molecule has 2 amide bonds. The highest BCUT2D eigenvalue weighted by Gasteiger charge is 2.28. The number of rotatable bonds is 5. The van der Waals surface area contributed by atoms with Crippen molar-refractivity contribution in [2.75, 3.05) is 13.1 Å². The van der Waals surface area contributed by atoms with Gasteiger partial charge in [-0.1, -0.05) is 12.1 Å². The number of hydrogen-bond donors (Lipinski definition) is 2. The molecule has 2 rings (SSSR count). The van der Waals surface area contributed by atoms with Gasteiger partial charge in [-0.05, 0) is 50.6 Å². The van der Waals surface area contributed by atoms with Gasteiger partial charge in [-0.25, -0.2) is 4.39 Å². The Labute approximate surface area is 129 Å². The van der Waals surface area contributed by atoms with Gasteiger partial charge in [0.05, 0.1) is 6.04 Å². The van der Waals surface area contributed by atoms with Crippen molar-refractivity contribution in [2.24, 2.45) is 11.7 Å². The number of nitrogens with two attached hydrogens (primary N) is 1. The van der Waals surface area contributed by atoms with Crippen LogP contribution in [-0.2, 0) is 16.1 Å². The van der Waals surface area contributed by atoms with Crippen molar-refractivity contribution in [2.45, 2.75) is 32.4 Å². The molecule has 6 heteroatoms. The molecule has 1 saturated heterocycles. The third-order valence-electron chi connectivity index (χ3n) is 4.24. The predicted octanol–water partition coefficient (Wildman–Crippen LogP) is 1.03. The fourth-order valence-corrected chi connectivity index (χ4v) is 2.68. The van der Waals surface area contributed by atoms with E-state index in [0.29, 0.717) is 32.5 Å². The zero-order valence-electron chi connectivity index (χ0n) is 12.7. The van der Waals surface area contributed by atoms with Gasteiger partial charge in [0, 0.05) is 12.5 Å². The number of carbonyl (C=O) groups excluding carboxylic acids is 2. The number of nitrogens with one attached hydrogen (secondary N) is 1. The molecule has 0 saturated carbocycles. The molecule has 1 fully saturated rings. The van der Waals surface area contributed by atoms with E-state index in [2.05, 4.69) is 10.2 Å². The van der Waals surface area contributed by atoms with Gasteiger partial charge >= 0.3 is 0 Å². The Bertz CT molecular complexity index is 525. The van der Waals surface area contributed by atoms with Crippen LogP contribution >= 0.6 is 0 Å². The summed E-state index contributed by atoms with van der Waals surface area (Å²) in [5, 5.41) is 2.85. The molecule has 120 valence electrons.